The first-order valence-corrected chi connectivity index (χ1v) is 12.9. The van der Waals surface area contributed by atoms with Crippen molar-refractivity contribution in [2.45, 2.75) is 45.4 Å². The summed E-state index contributed by atoms with van der Waals surface area (Å²) in [5, 5.41) is 6.03. The lowest BCUT2D eigenvalue weighted by Crippen LogP contribution is -2.76. The second-order valence-electron chi connectivity index (χ2n) is 10.1. The van der Waals surface area contributed by atoms with Crippen LogP contribution in [0.1, 0.15) is 31.4 Å². The number of urea groups is 1. The first-order chi connectivity index (χ1) is 18.3. The van der Waals surface area contributed by atoms with E-state index in [1.54, 1.807) is 26.9 Å². The van der Waals surface area contributed by atoms with Crippen LogP contribution in [0.2, 0.25) is 0 Å². The Morgan fingerprint density at radius 2 is 1.82 bits per heavy atom. The second-order valence-corrected chi connectivity index (χ2v) is 10.1. The summed E-state index contributed by atoms with van der Waals surface area (Å²) in [6.45, 7) is 4.84. The molecule has 4 rings (SSSR count). The van der Waals surface area contributed by atoms with Crippen LogP contribution in [0.25, 0.3) is 0 Å². The Labute approximate surface area is 223 Å². The lowest BCUT2D eigenvalue weighted by Gasteiger charge is -2.55. The molecule has 38 heavy (non-hydrogen) atoms. The molecule has 2 atom stereocenters. The van der Waals surface area contributed by atoms with Crippen molar-refractivity contribution >= 4 is 17.8 Å². The number of nitrogens with zero attached hydrogens (tertiary/aromatic N) is 4. The average molecular weight is 520 g/mol. The number of carbonyl (C=O) groups is 3. The minimum Gasteiger partial charge on any atom is -0.337 e. The molecule has 0 aliphatic carbocycles. The molecule has 9 heteroatoms. The minimum atomic E-state index is -0.699. The quantitative estimate of drug-likeness (QED) is 0.545. The number of piperazine rings is 1. The molecule has 2 aromatic carbocycles. The molecule has 0 spiro atoms. The zero-order valence-electron chi connectivity index (χ0n) is 21.8. The summed E-state index contributed by atoms with van der Waals surface area (Å²) in [6, 6.07) is 14.7. The van der Waals surface area contributed by atoms with E-state index in [4.69, 9.17) is 6.42 Å². The molecule has 0 saturated carbocycles. The fraction of sp³-hybridized carbons (Fsp3) is 0.414. The number of fused-ring (bicyclic) bond motifs is 1. The van der Waals surface area contributed by atoms with Gasteiger partial charge in [-0.05, 0) is 42.0 Å². The molecule has 0 aromatic heterocycles. The molecule has 2 aliphatic rings. The summed E-state index contributed by atoms with van der Waals surface area (Å²) < 4.78 is 13.4. The SMILES string of the molecule is C#CCN1CC(=O)N2C(CC(C)C)C(=O)N(CCc3ccc(F)cc3)CC2N1C(=O)NCc1ccccc1. The van der Waals surface area contributed by atoms with E-state index >= 15 is 0 Å². The van der Waals surface area contributed by atoms with Crippen LogP contribution in [-0.4, -0.2) is 76.0 Å². The molecule has 1 N–H and O–H groups in total. The Bertz CT molecular complexity index is 1180. The van der Waals surface area contributed by atoms with Crippen LogP contribution in [0.4, 0.5) is 9.18 Å². The van der Waals surface area contributed by atoms with Crippen LogP contribution < -0.4 is 5.32 Å². The van der Waals surface area contributed by atoms with Crippen LogP contribution in [0.15, 0.2) is 54.6 Å². The third-order valence-corrected chi connectivity index (χ3v) is 6.88. The second kappa shape index (κ2) is 12.1. The number of hydrogen-bond acceptors (Lipinski definition) is 4. The number of benzene rings is 2. The van der Waals surface area contributed by atoms with Crippen LogP contribution in [0.5, 0.6) is 0 Å². The highest BCUT2D eigenvalue weighted by Crippen LogP contribution is 2.29. The molecule has 200 valence electrons. The molecule has 2 aliphatic heterocycles. The topological polar surface area (TPSA) is 76.2 Å². The molecular formula is C29H34FN5O3. The van der Waals surface area contributed by atoms with Crippen LogP contribution in [-0.2, 0) is 22.6 Å². The zero-order chi connectivity index (χ0) is 27.2. The first kappa shape index (κ1) is 27.1. The molecule has 0 bridgehead atoms. The Balaban J connectivity index is 1.61. The largest absolute Gasteiger partial charge is 0.337 e. The van der Waals surface area contributed by atoms with E-state index in [-0.39, 0.29) is 49.2 Å². The summed E-state index contributed by atoms with van der Waals surface area (Å²) in [5.41, 5.74) is 1.83. The Morgan fingerprint density at radius 1 is 1.11 bits per heavy atom. The summed E-state index contributed by atoms with van der Waals surface area (Å²) in [6.07, 6.45) is 5.90. The molecular weight excluding hydrogens is 485 g/mol. The maximum atomic E-state index is 13.6. The van der Waals surface area contributed by atoms with Crippen molar-refractivity contribution in [2.75, 3.05) is 26.2 Å². The van der Waals surface area contributed by atoms with E-state index in [9.17, 15) is 18.8 Å². The van der Waals surface area contributed by atoms with E-state index in [1.165, 1.54) is 17.1 Å². The minimum absolute atomic E-state index is 0.0766. The summed E-state index contributed by atoms with van der Waals surface area (Å²) in [4.78, 5) is 43.9. The Hall–Kier alpha value is -3.90. The van der Waals surface area contributed by atoms with E-state index < -0.39 is 12.2 Å². The van der Waals surface area contributed by atoms with Crippen molar-refractivity contribution in [2.24, 2.45) is 5.92 Å². The van der Waals surface area contributed by atoms with E-state index in [1.807, 2.05) is 44.2 Å². The van der Waals surface area contributed by atoms with Crippen molar-refractivity contribution in [1.29, 1.82) is 0 Å². The number of nitrogens with one attached hydrogen (secondary N) is 1. The van der Waals surface area contributed by atoms with Gasteiger partial charge in [0.2, 0.25) is 11.8 Å². The predicted octanol–water partition coefficient (Wildman–Crippen LogP) is 2.86. The van der Waals surface area contributed by atoms with E-state index in [2.05, 4.69) is 11.2 Å². The highest BCUT2D eigenvalue weighted by Gasteiger charge is 2.51. The molecule has 2 unspecified atom stereocenters. The van der Waals surface area contributed by atoms with Gasteiger partial charge in [0.25, 0.3) is 0 Å². The highest BCUT2D eigenvalue weighted by molar-refractivity contribution is 5.91. The Morgan fingerprint density at radius 3 is 2.47 bits per heavy atom. The van der Waals surface area contributed by atoms with Gasteiger partial charge < -0.3 is 15.1 Å². The van der Waals surface area contributed by atoms with E-state index in [0.29, 0.717) is 25.9 Å². The maximum Gasteiger partial charge on any atom is 0.334 e. The van der Waals surface area contributed by atoms with Crippen molar-refractivity contribution in [1.82, 2.24) is 25.1 Å². The van der Waals surface area contributed by atoms with Crippen LogP contribution >= 0.6 is 0 Å². The monoisotopic (exact) mass is 519 g/mol. The molecule has 2 aromatic rings. The van der Waals surface area contributed by atoms with Crippen LogP contribution in [0.3, 0.4) is 0 Å². The van der Waals surface area contributed by atoms with Gasteiger partial charge in [0.1, 0.15) is 18.0 Å². The first-order valence-electron chi connectivity index (χ1n) is 12.9. The molecule has 2 fully saturated rings. The van der Waals surface area contributed by atoms with Crippen molar-refractivity contribution in [3.63, 3.8) is 0 Å². The van der Waals surface area contributed by atoms with Crippen LogP contribution in [0, 0.1) is 24.1 Å². The molecule has 2 saturated heterocycles. The fourth-order valence-electron chi connectivity index (χ4n) is 5.08. The number of halogens is 1. The van der Waals surface area contributed by atoms with Gasteiger partial charge in [0, 0.05) is 13.1 Å². The fourth-order valence-corrected chi connectivity index (χ4v) is 5.08. The molecule has 0 radical (unpaired) electrons. The maximum absolute atomic E-state index is 13.6. The lowest BCUT2D eigenvalue weighted by atomic mass is 9.96. The highest BCUT2D eigenvalue weighted by atomic mass is 19.1. The lowest BCUT2D eigenvalue weighted by molar-refractivity contribution is -0.189. The van der Waals surface area contributed by atoms with Gasteiger partial charge in [-0.25, -0.2) is 14.2 Å². The van der Waals surface area contributed by atoms with Crippen molar-refractivity contribution in [3.05, 3.63) is 71.5 Å². The van der Waals surface area contributed by atoms with Gasteiger partial charge >= 0.3 is 6.03 Å². The number of amides is 4. The van der Waals surface area contributed by atoms with Crippen molar-refractivity contribution in [3.8, 4) is 12.3 Å². The molecule has 8 nitrogen and oxygen atoms in total. The predicted molar refractivity (Wildman–Crippen MR) is 141 cm³/mol. The average Bonchev–Trinajstić information content (AvgIpc) is 2.89. The number of hydrazine groups is 1. The smallest absolute Gasteiger partial charge is 0.334 e. The number of carbonyl (C=O) groups excluding carboxylic acids is 3. The summed E-state index contributed by atoms with van der Waals surface area (Å²) in [5.74, 6) is 2.02. The summed E-state index contributed by atoms with van der Waals surface area (Å²) in [7, 11) is 0. The molecule has 4 amide bonds. The third-order valence-electron chi connectivity index (χ3n) is 6.88. The normalized spacial score (nSPS) is 19.9. The van der Waals surface area contributed by atoms with Gasteiger partial charge in [0.15, 0.2) is 0 Å². The number of rotatable bonds is 8. The number of hydrogen-bond donors (Lipinski definition) is 1. The van der Waals surface area contributed by atoms with Gasteiger partial charge in [-0.15, -0.1) is 6.42 Å². The van der Waals surface area contributed by atoms with Gasteiger partial charge in [-0.2, -0.15) is 5.01 Å². The standard InChI is InChI=1S/C29H34FN5O3/c1-4-15-33-20-27(36)34-25(17-21(2)3)28(37)32(16-14-22-10-12-24(30)13-11-22)19-26(34)35(33)29(38)31-18-23-8-6-5-7-9-23/h1,5-13,21,25-26H,14-20H2,2-3H3,(H,31,38). The van der Waals surface area contributed by atoms with E-state index in [0.717, 1.165) is 11.1 Å². The number of terminal acetylenes is 1. The summed E-state index contributed by atoms with van der Waals surface area (Å²) >= 11 is 0. The van der Waals surface area contributed by atoms with Crippen molar-refractivity contribution < 1.29 is 18.8 Å². The third kappa shape index (κ3) is 6.14. The molecule has 2 heterocycles. The Kier molecular flexibility index (Phi) is 8.64. The van der Waals surface area contributed by atoms with Gasteiger partial charge in [-0.3, -0.25) is 9.59 Å². The van der Waals surface area contributed by atoms with Gasteiger partial charge in [-0.1, -0.05) is 62.2 Å². The zero-order valence-corrected chi connectivity index (χ0v) is 21.8. The van der Waals surface area contributed by atoms with Gasteiger partial charge in [0.05, 0.1) is 19.6 Å².